The van der Waals surface area contributed by atoms with Crippen LogP contribution in [0.15, 0.2) is 35.3 Å². The average molecular weight is 486 g/mol. The van der Waals surface area contributed by atoms with Crippen molar-refractivity contribution in [3.63, 3.8) is 0 Å². The van der Waals surface area contributed by atoms with Crippen molar-refractivity contribution in [1.82, 2.24) is 15.5 Å². The molecule has 0 unspecified atom stereocenters. The van der Waals surface area contributed by atoms with E-state index in [1.54, 1.807) is 0 Å². The van der Waals surface area contributed by atoms with Crippen LogP contribution in [0.5, 0.6) is 0 Å². The number of halogens is 1. The van der Waals surface area contributed by atoms with Gasteiger partial charge in [0.2, 0.25) is 0 Å². The second-order valence-corrected chi connectivity index (χ2v) is 7.59. The number of hydrogen-bond acceptors (Lipinski definition) is 3. The number of nitrogens with one attached hydrogen (secondary N) is 2. The lowest BCUT2D eigenvalue weighted by Gasteiger charge is -2.26. The van der Waals surface area contributed by atoms with Gasteiger partial charge in [-0.2, -0.15) is 0 Å². The number of benzene rings is 1. The predicted octanol–water partition coefficient (Wildman–Crippen LogP) is 2.90. The summed E-state index contributed by atoms with van der Waals surface area (Å²) in [5.41, 5.74) is 1.82. The van der Waals surface area contributed by atoms with Crippen LogP contribution in [0.2, 0.25) is 0 Å². The summed E-state index contributed by atoms with van der Waals surface area (Å²) in [4.78, 5) is 7.37. The molecule has 0 spiro atoms. The minimum atomic E-state index is 0. The van der Waals surface area contributed by atoms with Gasteiger partial charge in [0.05, 0.1) is 13.2 Å². The van der Waals surface area contributed by atoms with Crippen LogP contribution < -0.4 is 10.6 Å². The van der Waals surface area contributed by atoms with Crippen molar-refractivity contribution in [3.8, 4) is 0 Å². The summed E-state index contributed by atoms with van der Waals surface area (Å²) in [6.45, 7) is 9.93. The number of hydrogen-bond donors (Lipinski definition) is 2. The first kappa shape index (κ1) is 22.4. The lowest BCUT2D eigenvalue weighted by molar-refractivity contribution is 0.0376. The zero-order valence-electron chi connectivity index (χ0n) is 16.6. The van der Waals surface area contributed by atoms with E-state index in [-0.39, 0.29) is 24.0 Å². The highest BCUT2D eigenvalue weighted by Crippen LogP contribution is 2.48. The summed E-state index contributed by atoms with van der Waals surface area (Å²) in [7, 11) is 0. The van der Waals surface area contributed by atoms with Gasteiger partial charge in [0.25, 0.3) is 0 Å². The molecule has 5 nitrogen and oxygen atoms in total. The van der Waals surface area contributed by atoms with Crippen LogP contribution in [-0.2, 0) is 11.2 Å². The third-order valence-electron chi connectivity index (χ3n) is 5.34. The average Bonchev–Trinajstić information content (AvgIpc) is 3.44. The highest BCUT2D eigenvalue weighted by molar-refractivity contribution is 14.0. The van der Waals surface area contributed by atoms with Crippen molar-refractivity contribution in [2.75, 3.05) is 52.5 Å². The van der Waals surface area contributed by atoms with Crippen LogP contribution in [0, 0.1) is 5.41 Å². The van der Waals surface area contributed by atoms with Gasteiger partial charge in [-0.05, 0) is 50.1 Å². The SMILES string of the molecule is CCNC(=NCC1(Cc2ccccc2)CC1)NCCCN1CCOCC1.I. The molecule has 1 aliphatic heterocycles. The monoisotopic (exact) mass is 486 g/mol. The maximum Gasteiger partial charge on any atom is 0.191 e. The van der Waals surface area contributed by atoms with Gasteiger partial charge in [-0.15, -0.1) is 24.0 Å². The van der Waals surface area contributed by atoms with E-state index in [2.05, 4.69) is 52.8 Å². The third-order valence-corrected chi connectivity index (χ3v) is 5.34. The summed E-state index contributed by atoms with van der Waals surface area (Å²) < 4.78 is 5.40. The van der Waals surface area contributed by atoms with Gasteiger partial charge in [0.1, 0.15) is 0 Å². The van der Waals surface area contributed by atoms with E-state index in [0.717, 1.165) is 71.3 Å². The zero-order chi connectivity index (χ0) is 18.1. The Hall–Kier alpha value is -0.860. The Balaban J connectivity index is 0.00000261. The number of rotatable bonds is 9. The Kier molecular flexibility index (Phi) is 9.86. The van der Waals surface area contributed by atoms with Gasteiger partial charge in [-0.1, -0.05) is 30.3 Å². The number of ether oxygens (including phenoxy) is 1. The molecule has 0 atom stereocenters. The summed E-state index contributed by atoms with van der Waals surface area (Å²) >= 11 is 0. The van der Waals surface area contributed by atoms with Crippen LogP contribution in [-0.4, -0.2) is 63.3 Å². The first-order chi connectivity index (χ1) is 12.8. The lowest BCUT2D eigenvalue weighted by Crippen LogP contribution is -2.41. The summed E-state index contributed by atoms with van der Waals surface area (Å²) in [5.74, 6) is 0.966. The Morgan fingerprint density at radius 1 is 1.15 bits per heavy atom. The van der Waals surface area contributed by atoms with Gasteiger partial charge in [-0.25, -0.2) is 0 Å². The molecule has 152 valence electrons. The minimum Gasteiger partial charge on any atom is -0.379 e. The molecule has 1 aliphatic carbocycles. The highest BCUT2D eigenvalue weighted by Gasteiger charge is 2.42. The van der Waals surface area contributed by atoms with Gasteiger partial charge in [0, 0.05) is 32.7 Å². The van der Waals surface area contributed by atoms with E-state index in [9.17, 15) is 0 Å². The van der Waals surface area contributed by atoms with Gasteiger partial charge < -0.3 is 15.4 Å². The molecule has 1 saturated heterocycles. The molecule has 0 amide bonds. The maximum atomic E-state index is 5.40. The van der Waals surface area contributed by atoms with E-state index in [1.807, 2.05) is 0 Å². The summed E-state index contributed by atoms with van der Waals surface area (Å²) in [6.07, 6.45) is 4.87. The molecule has 3 rings (SSSR count). The highest BCUT2D eigenvalue weighted by atomic mass is 127. The van der Waals surface area contributed by atoms with E-state index < -0.39 is 0 Å². The predicted molar refractivity (Wildman–Crippen MR) is 123 cm³/mol. The van der Waals surface area contributed by atoms with E-state index in [4.69, 9.17) is 9.73 Å². The summed E-state index contributed by atoms with van der Waals surface area (Å²) in [6, 6.07) is 10.8. The second kappa shape index (κ2) is 11.9. The van der Waals surface area contributed by atoms with Crippen molar-refractivity contribution in [2.45, 2.75) is 32.6 Å². The molecule has 1 saturated carbocycles. The van der Waals surface area contributed by atoms with Crippen molar-refractivity contribution >= 4 is 29.9 Å². The van der Waals surface area contributed by atoms with Crippen LogP contribution >= 0.6 is 24.0 Å². The molecule has 2 aliphatic rings. The minimum absolute atomic E-state index is 0. The number of guanidine groups is 1. The molecule has 2 N–H and O–H groups in total. The summed E-state index contributed by atoms with van der Waals surface area (Å²) in [5, 5.41) is 6.90. The molecular formula is C21H35IN4O. The molecule has 1 heterocycles. The molecule has 0 radical (unpaired) electrons. The topological polar surface area (TPSA) is 48.9 Å². The second-order valence-electron chi connectivity index (χ2n) is 7.59. The molecule has 1 aromatic carbocycles. The first-order valence-corrected chi connectivity index (χ1v) is 10.2. The Labute approximate surface area is 181 Å². The smallest absolute Gasteiger partial charge is 0.191 e. The van der Waals surface area contributed by atoms with Gasteiger partial charge in [0.15, 0.2) is 5.96 Å². The normalized spacial score (nSPS) is 19.2. The van der Waals surface area contributed by atoms with Crippen molar-refractivity contribution < 1.29 is 4.74 Å². The lowest BCUT2D eigenvalue weighted by atomic mass is 9.97. The van der Waals surface area contributed by atoms with E-state index in [1.165, 1.54) is 18.4 Å². The largest absolute Gasteiger partial charge is 0.379 e. The van der Waals surface area contributed by atoms with E-state index >= 15 is 0 Å². The van der Waals surface area contributed by atoms with Crippen LogP contribution in [0.1, 0.15) is 31.7 Å². The number of morpholine rings is 1. The van der Waals surface area contributed by atoms with Crippen LogP contribution in [0.4, 0.5) is 0 Å². The fourth-order valence-electron chi connectivity index (χ4n) is 3.52. The Bertz CT molecular complexity index is 557. The molecule has 27 heavy (non-hydrogen) atoms. The molecular weight excluding hydrogens is 451 g/mol. The van der Waals surface area contributed by atoms with Crippen LogP contribution in [0.3, 0.4) is 0 Å². The number of aliphatic imine (C=N–C) groups is 1. The van der Waals surface area contributed by atoms with Gasteiger partial charge in [-0.3, -0.25) is 9.89 Å². The Morgan fingerprint density at radius 2 is 1.89 bits per heavy atom. The van der Waals surface area contributed by atoms with E-state index in [0.29, 0.717) is 5.41 Å². The maximum absolute atomic E-state index is 5.40. The molecule has 2 fully saturated rings. The van der Waals surface area contributed by atoms with Crippen LogP contribution in [0.25, 0.3) is 0 Å². The van der Waals surface area contributed by atoms with Crippen molar-refractivity contribution in [2.24, 2.45) is 10.4 Å². The molecule has 0 aromatic heterocycles. The van der Waals surface area contributed by atoms with Gasteiger partial charge >= 0.3 is 0 Å². The Morgan fingerprint density at radius 3 is 2.56 bits per heavy atom. The van der Waals surface area contributed by atoms with Crippen molar-refractivity contribution in [3.05, 3.63) is 35.9 Å². The third kappa shape index (κ3) is 7.95. The number of nitrogens with zero attached hydrogens (tertiary/aromatic N) is 2. The fourth-order valence-corrected chi connectivity index (χ4v) is 3.52. The molecule has 0 bridgehead atoms. The molecule has 6 heteroatoms. The standard InChI is InChI=1S/C21H34N4O.HI/c1-2-22-20(23-11-6-12-25-13-15-26-16-14-25)24-18-21(9-10-21)17-19-7-4-3-5-8-19;/h3-5,7-8H,2,6,9-18H2,1H3,(H2,22,23,24);1H. The first-order valence-electron chi connectivity index (χ1n) is 10.2. The zero-order valence-corrected chi connectivity index (χ0v) is 18.9. The quantitative estimate of drug-likeness (QED) is 0.244. The van der Waals surface area contributed by atoms with Crippen molar-refractivity contribution in [1.29, 1.82) is 0 Å². The fraction of sp³-hybridized carbons (Fsp3) is 0.667. The molecule has 1 aromatic rings.